The highest BCUT2D eigenvalue weighted by atomic mass is 16.5. The van der Waals surface area contributed by atoms with Gasteiger partial charge in [-0.15, -0.1) is 0 Å². The molecule has 0 bridgehead atoms. The third kappa shape index (κ3) is 14.9. The number of nitrogens with zero attached hydrogens (tertiary/aromatic N) is 2. The smallest absolute Gasteiger partial charge is 0.329 e. The molecule has 7 unspecified atom stereocenters. The Bertz CT molecular complexity index is 1890. The van der Waals surface area contributed by atoms with Crippen molar-refractivity contribution in [2.24, 2.45) is 29.4 Å². The van der Waals surface area contributed by atoms with E-state index in [2.05, 4.69) is 26.6 Å². The number of carbonyl (C=O) groups is 9. The van der Waals surface area contributed by atoms with Gasteiger partial charge in [0.1, 0.15) is 54.1 Å². The van der Waals surface area contributed by atoms with Gasteiger partial charge in [-0.1, -0.05) is 80.4 Å². The number of esters is 1. The molecule has 0 aromatic heterocycles. The van der Waals surface area contributed by atoms with Crippen LogP contribution in [0.1, 0.15) is 119 Å². The summed E-state index contributed by atoms with van der Waals surface area (Å²) in [6, 6.07) is -2.95. The lowest BCUT2D eigenvalue weighted by molar-refractivity contribution is -0.158. The molecule has 66 heavy (non-hydrogen) atoms. The van der Waals surface area contributed by atoms with Crippen molar-refractivity contribution < 1.29 is 53.0 Å². The molecule has 0 saturated carbocycles. The second kappa shape index (κ2) is 25.2. The minimum absolute atomic E-state index is 0.0171. The quantitative estimate of drug-likeness (QED) is 0.117. The van der Waals surface area contributed by atoms with E-state index in [0.29, 0.717) is 31.2 Å². The molecule has 0 aliphatic carbocycles. The molecule has 368 valence electrons. The van der Waals surface area contributed by atoms with E-state index in [9.17, 15) is 48.3 Å². The van der Waals surface area contributed by atoms with Gasteiger partial charge in [-0.3, -0.25) is 38.4 Å². The number of rotatable bonds is 16. The summed E-state index contributed by atoms with van der Waals surface area (Å²) in [6.45, 7) is 15.8. The first-order valence-corrected chi connectivity index (χ1v) is 23.4. The number of primary amides is 1. The molecule has 3 rings (SSSR count). The van der Waals surface area contributed by atoms with E-state index in [1.165, 1.54) is 35.9 Å². The number of likely N-dealkylation sites (N-methyl/N-ethyl adjacent to an activating group) is 1. The standard InChI is InChI=1S/C47H74N8O11/c1-11-26(6)37-46(64)54(10)35(24-30-16-18-31(56)19-17-30)43(61)52-38(27(7)12-2)47(65)66-29(9)39(53-41(59)32(20-21-36(48)57)49-40(58)28(8)13-3)44(62)50-33(23-25(4)5)45(63)55-22-14-15-34(55)42(60)51-37/h16-19,25-29,32-35,37-39,56H,11-15,20-24H2,1-10H3,(H2,48,57)(H,49,58)(H,50,62)(H,51,60)(H,52,61)(H,53,59)/t26?,27?,28?,29?,32-,33-,34?,35?,37?,38-,39-/m0/s1. The average molecular weight is 927 g/mol. The lowest BCUT2D eigenvalue weighted by Crippen LogP contribution is -2.62. The molecule has 0 radical (unpaired) electrons. The van der Waals surface area contributed by atoms with Crippen molar-refractivity contribution in [2.75, 3.05) is 13.6 Å². The van der Waals surface area contributed by atoms with Gasteiger partial charge in [0.25, 0.3) is 0 Å². The molecular weight excluding hydrogens is 853 g/mol. The number of hydrogen-bond donors (Lipinski definition) is 7. The first-order chi connectivity index (χ1) is 31.0. The fourth-order valence-electron chi connectivity index (χ4n) is 7.97. The van der Waals surface area contributed by atoms with Crippen molar-refractivity contribution in [1.29, 1.82) is 0 Å². The molecule has 0 spiro atoms. The van der Waals surface area contributed by atoms with Gasteiger partial charge in [-0.25, -0.2) is 4.79 Å². The van der Waals surface area contributed by atoms with Crippen LogP contribution in [0.25, 0.3) is 0 Å². The Morgan fingerprint density at radius 3 is 2.02 bits per heavy atom. The molecule has 2 saturated heterocycles. The number of cyclic esters (lactones) is 1. The normalized spacial score (nSPS) is 25.7. The van der Waals surface area contributed by atoms with Crippen LogP contribution in [0.5, 0.6) is 5.75 Å². The number of phenols is 1. The fraction of sp³-hybridized carbons (Fsp3) is 0.681. The van der Waals surface area contributed by atoms with Crippen LogP contribution in [-0.4, -0.2) is 130 Å². The Balaban J connectivity index is 2.24. The number of nitrogens with one attached hydrogen (secondary N) is 5. The maximum Gasteiger partial charge on any atom is 0.329 e. The van der Waals surface area contributed by atoms with Crippen LogP contribution in [0, 0.1) is 23.7 Å². The molecule has 2 aliphatic heterocycles. The SMILES string of the molecule is CCC(C)C(=O)N[C@@H](CCC(N)=O)C(=O)N[C@@H]1C(=O)N[C@@H](CC(C)C)C(=O)N2CCCC2C(=O)NC(C(C)CC)C(=O)N(C)C(Cc2ccc(O)cc2)C(=O)N[C@@H](C(C)CC)C(=O)OC1C. The topological polar surface area (TPSA) is 276 Å². The van der Waals surface area contributed by atoms with Gasteiger partial charge < -0.3 is 52.0 Å². The third-order valence-corrected chi connectivity index (χ3v) is 12.9. The highest BCUT2D eigenvalue weighted by molar-refractivity contribution is 5.98. The molecule has 2 heterocycles. The van der Waals surface area contributed by atoms with Crippen molar-refractivity contribution in [1.82, 2.24) is 36.4 Å². The van der Waals surface area contributed by atoms with Crippen molar-refractivity contribution in [3.8, 4) is 5.75 Å². The van der Waals surface area contributed by atoms with E-state index in [1.54, 1.807) is 46.8 Å². The van der Waals surface area contributed by atoms with E-state index in [1.807, 2.05) is 20.8 Å². The van der Waals surface area contributed by atoms with Gasteiger partial charge in [0.2, 0.25) is 47.3 Å². The zero-order valence-corrected chi connectivity index (χ0v) is 40.3. The Morgan fingerprint density at radius 2 is 1.44 bits per heavy atom. The van der Waals surface area contributed by atoms with E-state index in [-0.39, 0.29) is 50.3 Å². The van der Waals surface area contributed by atoms with Gasteiger partial charge in [0.15, 0.2) is 0 Å². The van der Waals surface area contributed by atoms with E-state index in [0.717, 1.165) is 0 Å². The largest absolute Gasteiger partial charge is 0.508 e. The zero-order valence-electron chi connectivity index (χ0n) is 40.3. The van der Waals surface area contributed by atoms with Crippen LogP contribution in [0.3, 0.4) is 0 Å². The van der Waals surface area contributed by atoms with Crippen LogP contribution in [0.15, 0.2) is 24.3 Å². The second-order valence-corrected chi connectivity index (χ2v) is 18.5. The molecule has 11 atom stereocenters. The summed E-state index contributed by atoms with van der Waals surface area (Å²) in [4.78, 5) is 129. The summed E-state index contributed by atoms with van der Waals surface area (Å²) in [5, 5.41) is 23.7. The zero-order chi connectivity index (χ0) is 49.6. The third-order valence-electron chi connectivity index (χ3n) is 12.9. The number of hydrogen-bond acceptors (Lipinski definition) is 11. The summed E-state index contributed by atoms with van der Waals surface area (Å²) in [6.07, 6.45) is 0.0414. The van der Waals surface area contributed by atoms with Gasteiger partial charge in [0.05, 0.1) is 0 Å². The summed E-state index contributed by atoms with van der Waals surface area (Å²) >= 11 is 0. The molecule has 1 aromatic rings. The number of fused-ring (bicyclic) bond motifs is 1. The predicted octanol–water partition coefficient (Wildman–Crippen LogP) is 1.57. The molecule has 8 N–H and O–H groups in total. The maximum atomic E-state index is 14.6. The summed E-state index contributed by atoms with van der Waals surface area (Å²) in [5.41, 5.74) is 5.98. The van der Waals surface area contributed by atoms with Crippen LogP contribution in [-0.2, 0) is 54.3 Å². The highest BCUT2D eigenvalue weighted by Crippen LogP contribution is 2.24. The highest BCUT2D eigenvalue weighted by Gasteiger charge is 2.44. The molecule has 19 heteroatoms. The molecule has 1 aromatic carbocycles. The lowest BCUT2D eigenvalue weighted by Gasteiger charge is -2.35. The number of carbonyl (C=O) groups excluding carboxylic acids is 9. The van der Waals surface area contributed by atoms with Crippen molar-refractivity contribution in [3.63, 3.8) is 0 Å². The Kier molecular flexibility index (Phi) is 20.9. The van der Waals surface area contributed by atoms with Crippen molar-refractivity contribution >= 4 is 53.2 Å². The van der Waals surface area contributed by atoms with Crippen molar-refractivity contribution in [2.45, 2.75) is 168 Å². The van der Waals surface area contributed by atoms with Crippen LogP contribution < -0.4 is 32.3 Å². The van der Waals surface area contributed by atoms with Gasteiger partial charge >= 0.3 is 5.97 Å². The molecular formula is C47H74N8O11. The molecule has 2 aliphatic rings. The Hall–Kier alpha value is -5.75. The number of aromatic hydroxyl groups is 1. The number of ether oxygens (including phenoxy) is 1. The maximum absolute atomic E-state index is 14.6. The average Bonchev–Trinajstić information content (AvgIpc) is 3.78. The molecule has 19 nitrogen and oxygen atoms in total. The second-order valence-electron chi connectivity index (χ2n) is 18.5. The minimum atomic E-state index is -1.70. The Labute approximate surface area is 388 Å². The van der Waals surface area contributed by atoms with E-state index >= 15 is 0 Å². The van der Waals surface area contributed by atoms with Crippen LogP contribution in [0.4, 0.5) is 0 Å². The molecule has 2 fully saturated rings. The minimum Gasteiger partial charge on any atom is -0.508 e. The monoisotopic (exact) mass is 927 g/mol. The number of benzene rings is 1. The summed E-state index contributed by atoms with van der Waals surface area (Å²) in [7, 11) is 1.43. The lowest BCUT2D eigenvalue weighted by atomic mass is 9.95. The number of amides is 8. The summed E-state index contributed by atoms with van der Waals surface area (Å²) < 4.78 is 5.95. The van der Waals surface area contributed by atoms with Crippen LogP contribution >= 0.6 is 0 Å². The fourth-order valence-corrected chi connectivity index (χ4v) is 7.97. The van der Waals surface area contributed by atoms with Gasteiger partial charge in [-0.05, 0) is 74.5 Å². The first-order valence-electron chi connectivity index (χ1n) is 23.4. The Morgan fingerprint density at radius 1 is 0.833 bits per heavy atom. The van der Waals surface area contributed by atoms with E-state index in [4.69, 9.17) is 10.5 Å². The van der Waals surface area contributed by atoms with Crippen LogP contribution in [0.2, 0.25) is 0 Å². The number of nitrogens with two attached hydrogens (primary N) is 1. The van der Waals surface area contributed by atoms with Crippen molar-refractivity contribution in [3.05, 3.63) is 29.8 Å². The number of phenolic OH excluding ortho intramolecular Hbond substituents is 1. The van der Waals surface area contributed by atoms with E-state index < -0.39 is 119 Å². The predicted molar refractivity (Wildman–Crippen MR) is 245 cm³/mol. The summed E-state index contributed by atoms with van der Waals surface area (Å²) in [5.74, 6) is -8.19. The van der Waals surface area contributed by atoms with Gasteiger partial charge in [-0.2, -0.15) is 0 Å². The first kappa shape index (κ1) is 54.6. The van der Waals surface area contributed by atoms with Gasteiger partial charge in [0, 0.05) is 32.4 Å². The molecule has 8 amide bonds.